The molecule has 4 nitrogen and oxygen atoms in total. The molecule has 1 aliphatic rings. The van der Waals surface area contributed by atoms with E-state index in [9.17, 15) is 9.90 Å². The van der Waals surface area contributed by atoms with Crippen molar-refractivity contribution in [2.45, 2.75) is 12.6 Å². The molecule has 0 bridgehead atoms. The fourth-order valence-electron chi connectivity index (χ4n) is 1.00. The Bertz CT molecular complexity index is 253. The van der Waals surface area contributed by atoms with Gasteiger partial charge in [-0.1, -0.05) is 0 Å². The fourth-order valence-corrected chi connectivity index (χ4v) is 1.00. The molecule has 0 aromatic rings. The van der Waals surface area contributed by atoms with Crippen molar-refractivity contribution < 1.29 is 15.0 Å². The van der Waals surface area contributed by atoms with Crippen LogP contribution in [0.5, 0.6) is 0 Å². The van der Waals surface area contributed by atoms with Gasteiger partial charge in [0.1, 0.15) is 6.29 Å². The quantitative estimate of drug-likeness (QED) is 0.478. The molecular weight excluding hydrogens is 158 g/mol. The number of carbonyl (C=O) groups excluding carboxylic acids is 1. The molecule has 0 radical (unpaired) electrons. The van der Waals surface area contributed by atoms with E-state index in [1.807, 2.05) is 0 Å². The Morgan fingerprint density at radius 3 is 2.92 bits per heavy atom. The van der Waals surface area contributed by atoms with Crippen LogP contribution < -0.4 is 5.32 Å². The van der Waals surface area contributed by atoms with Crippen molar-refractivity contribution in [3.63, 3.8) is 0 Å². The van der Waals surface area contributed by atoms with E-state index >= 15 is 0 Å². The van der Waals surface area contributed by atoms with Crippen LogP contribution in [-0.2, 0) is 4.79 Å². The van der Waals surface area contributed by atoms with Crippen LogP contribution in [0.1, 0.15) is 6.92 Å². The van der Waals surface area contributed by atoms with Gasteiger partial charge in [-0.15, -0.1) is 0 Å². The van der Waals surface area contributed by atoms with Crippen molar-refractivity contribution in [3.8, 4) is 0 Å². The maximum atomic E-state index is 10.5. The smallest absolute Gasteiger partial charge is 0.152 e. The monoisotopic (exact) mass is 169 g/mol. The van der Waals surface area contributed by atoms with Gasteiger partial charge in [-0.05, 0) is 13.0 Å². The van der Waals surface area contributed by atoms with Gasteiger partial charge in [0.15, 0.2) is 5.72 Å². The number of dihydropyridines is 1. The lowest BCUT2D eigenvalue weighted by atomic mass is 10.0. The molecule has 0 fully saturated rings. The summed E-state index contributed by atoms with van der Waals surface area (Å²) >= 11 is 0. The molecule has 0 amide bonds. The Balaban J connectivity index is 2.94. The number of hydrogen-bond donors (Lipinski definition) is 3. The molecule has 1 atom stereocenters. The average Bonchev–Trinajstić information content (AvgIpc) is 2.03. The summed E-state index contributed by atoms with van der Waals surface area (Å²) in [6.07, 6.45) is 3.41. The lowest BCUT2D eigenvalue weighted by Crippen LogP contribution is -2.39. The molecule has 0 saturated heterocycles. The predicted octanol–water partition coefficient (Wildman–Crippen LogP) is -0.700. The summed E-state index contributed by atoms with van der Waals surface area (Å²) in [4.78, 5) is 10.5. The van der Waals surface area contributed by atoms with Gasteiger partial charge in [-0.2, -0.15) is 0 Å². The number of rotatable bonds is 2. The van der Waals surface area contributed by atoms with Crippen molar-refractivity contribution in [3.05, 3.63) is 23.4 Å². The SMILES string of the molecule is CC1(O)C=C(C=O)C(CO)=CN1. The third-order valence-electron chi connectivity index (χ3n) is 1.64. The molecule has 1 heterocycles. The van der Waals surface area contributed by atoms with E-state index in [-0.39, 0.29) is 6.61 Å². The molecular formula is C8H11NO3. The van der Waals surface area contributed by atoms with Crippen molar-refractivity contribution in [1.29, 1.82) is 0 Å². The Morgan fingerprint density at radius 1 is 1.75 bits per heavy atom. The first kappa shape index (κ1) is 8.96. The van der Waals surface area contributed by atoms with E-state index in [4.69, 9.17) is 5.11 Å². The molecule has 0 aliphatic carbocycles. The van der Waals surface area contributed by atoms with E-state index < -0.39 is 5.72 Å². The number of aldehydes is 1. The molecule has 3 N–H and O–H groups in total. The largest absolute Gasteiger partial charge is 0.392 e. The zero-order chi connectivity index (χ0) is 9.19. The fraction of sp³-hybridized carbons (Fsp3) is 0.375. The highest BCUT2D eigenvalue weighted by atomic mass is 16.3. The van der Waals surface area contributed by atoms with Gasteiger partial charge in [0, 0.05) is 17.3 Å². The van der Waals surface area contributed by atoms with Crippen LogP contribution in [0.3, 0.4) is 0 Å². The lowest BCUT2D eigenvalue weighted by Gasteiger charge is -2.25. The summed E-state index contributed by atoms with van der Waals surface area (Å²) in [5.74, 6) is 0. The number of nitrogens with one attached hydrogen (secondary N) is 1. The van der Waals surface area contributed by atoms with Crippen molar-refractivity contribution in [2.24, 2.45) is 0 Å². The van der Waals surface area contributed by atoms with Crippen molar-refractivity contribution in [1.82, 2.24) is 5.32 Å². The molecule has 12 heavy (non-hydrogen) atoms. The second kappa shape index (κ2) is 3.08. The van der Waals surface area contributed by atoms with Crippen molar-refractivity contribution in [2.75, 3.05) is 6.61 Å². The van der Waals surface area contributed by atoms with Gasteiger partial charge >= 0.3 is 0 Å². The summed E-state index contributed by atoms with van der Waals surface area (Å²) in [5.41, 5.74) is -0.396. The Kier molecular flexibility index (Phi) is 2.30. The predicted molar refractivity (Wildman–Crippen MR) is 43.1 cm³/mol. The summed E-state index contributed by atoms with van der Waals surface area (Å²) in [7, 11) is 0. The van der Waals surface area contributed by atoms with Crippen LogP contribution in [0.25, 0.3) is 0 Å². The zero-order valence-corrected chi connectivity index (χ0v) is 6.74. The molecule has 0 aromatic heterocycles. The standard InChI is InChI=1S/C8H11NO3/c1-8(12)2-6(4-10)7(5-11)3-9-8/h2-4,9,11-12H,5H2,1H3. The van der Waals surface area contributed by atoms with Gasteiger partial charge in [0.2, 0.25) is 0 Å². The minimum atomic E-state index is -1.20. The Hall–Kier alpha value is -1.13. The first-order chi connectivity index (χ1) is 5.59. The zero-order valence-electron chi connectivity index (χ0n) is 6.74. The molecule has 1 rings (SSSR count). The van der Waals surface area contributed by atoms with E-state index in [2.05, 4.69) is 5.32 Å². The van der Waals surface area contributed by atoms with Gasteiger partial charge in [-0.25, -0.2) is 0 Å². The van der Waals surface area contributed by atoms with Crippen LogP contribution >= 0.6 is 0 Å². The Labute approximate surface area is 70.2 Å². The maximum absolute atomic E-state index is 10.5. The first-order valence-electron chi connectivity index (χ1n) is 3.57. The van der Waals surface area contributed by atoms with Gasteiger partial charge in [0.05, 0.1) is 6.61 Å². The van der Waals surface area contributed by atoms with E-state index in [0.717, 1.165) is 0 Å². The Morgan fingerprint density at radius 2 is 2.42 bits per heavy atom. The van der Waals surface area contributed by atoms with Crippen LogP contribution in [-0.4, -0.2) is 28.8 Å². The minimum absolute atomic E-state index is 0.215. The summed E-state index contributed by atoms with van der Waals surface area (Å²) in [6.45, 7) is 1.30. The molecule has 4 heteroatoms. The normalized spacial score (nSPS) is 28.6. The third-order valence-corrected chi connectivity index (χ3v) is 1.64. The van der Waals surface area contributed by atoms with E-state index in [1.165, 1.54) is 19.2 Å². The highest BCUT2D eigenvalue weighted by Crippen LogP contribution is 2.16. The van der Waals surface area contributed by atoms with Gasteiger partial charge < -0.3 is 15.5 Å². The summed E-state index contributed by atoms with van der Waals surface area (Å²) in [6, 6.07) is 0. The van der Waals surface area contributed by atoms with Crippen LogP contribution in [0, 0.1) is 0 Å². The molecule has 1 unspecified atom stereocenters. The number of aliphatic hydroxyl groups is 2. The summed E-state index contributed by atoms with van der Waals surface area (Å²) in [5, 5.41) is 20.8. The molecule has 0 spiro atoms. The lowest BCUT2D eigenvalue weighted by molar-refractivity contribution is -0.105. The second-order valence-corrected chi connectivity index (χ2v) is 2.84. The van der Waals surface area contributed by atoms with E-state index in [0.29, 0.717) is 17.4 Å². The number of hydrogen-bond acceptors (Lipinski definition) is 4. The van der Waals surface area contributed by atoms with Crippen LogP contribution in [0.4, 0.5) is 0 Å². The topological polar surface area (TPSA) is 69.6 Å². The number of aliphatic hydroxyl groups excluding tert-OH is 1. The van der Waals surface area contributed by atoms with Gasteiger partial charge in [-0.3, -0.25) is 4.79 Å². The van der Waals surface area contributed by atoms with E-state index in [1.54, 1.807) is 0 Å². The van der Waals surface area contributed by atoms with Crippen LogP contribution in [0.2, 0.25) is 0 Å². The maximum Gasteiger partial charge on any atom is 0.152 e. The second-order valence-electron chi connectivity index (χ2n) is 2.84. The molecule has 1 aliphatic heterocycles. The molecule has 0 saturated carbocycles. The first-order valence-corrected chi connectivity index (χ1v) is 3.57. The van der Waals surface area contributed by atoms with Crippen LogP contribution in [0.15, 0.2) is 23.4 Å². The molecule has 66 valence electrons. The highest BCUT2D eigenvalue weighted by molar-refractivity contribution is 5.81. The number of carbonyl (C=O) groups is 1. The molecule has 0 aromatic carbocycles. The third kappa shape index (κ3) is 1.72. The summed E-state index contributed by atoms with van der Waals surface area (Å²) < 4.78 is 0. The highest BCUT2D eigenvalue weighted by Gasteiger charge is 2.21. The van der Waals surface area contributed by atoms with Crippen molar-refractivity contribution >= 4 is 6.29 Å². The average molecular weight is 169 g/mol. The minimum Gasteiger partial charge on any atom is -0.392 e. The van der Waals surface area contributed by atoms with Gasteiger partial charge in [0.25, 0.3) is 0 Å².